The minimum Gasteiger partial charge on any atom is -0.382 e. The summed E-state index contributed by atoms with van der Waals surface area (Å²) in [6, 6.07) is 8.87. The van der Waals surface area contributed by atoms with E-state index < -0.39 is 0 Å². The first-order valence-corrected chi connectivity index (χ1v) is 7.38. The van der Waals surface area contributed by atoms with Gasteiger partial charge in [0.15, 0.2) is 5.82 Å². The van der Waals surface area contributed by atoms with Crippen LogP contribution >= 0.6 is 0 Å². The number of H-pyrrole nitrogens is 1. The van der Waals surface area contributed by atoms with E-state index in [1.807, 2.05) is 13.0 Å². The quantitative estimate of drug-likeness (QED) is 0.892. The number of para-hydroxylation sites is 1. The van der Waals surface area contributed by atoms with Crippen molar-refractivity contribution in [1.82, 2.24) is 15.2 Å². The van der Waals surface area contributed by atoms with Crippen molar-refractivity contribution in [2.45, 2.75) is 39.7 Å². The predicted octanol–water partition coefficient (Wildman–Crippen LogP) is 3.63. The fourth-order valence-electron chi connectivity index (χ4n) is 2.81. The molecule has 4 heteroatoms. The smallest absolute Gasteiger partial charge is 0.183 e. The molecule has 1 fully saturated rings. The number of hydrogen-bond donors (Lipinski definition) is 2. The fraction of sp³-hybridized carbons (Fsp3) is 0.500. The van der Waals surface area contributed by atoms with E-state index >= 15 is 0 Å². The van der Waals surface area contributed by atoms with Gasteiger partial charge in [0.2, 0.25) is 0 Å². The molecule has 2 N–H and O–H groups in total. The molecule has 1 heterocycles. The van der Waals surface area contributed by atoms with Gasteiger partial charge >= 0.3 is 0 Å². The largest absolute Gasteiger partial charge is 0.382 e. The maximum atomic E-state index is 4.43. The Morgan fingerprint density at radius 1 is 1.25 bits per heavy atom. The van der Waals surface area contributed by atoms with Crippen LogP contribution in [0.15, 0.2) is 24.3 Å². The predicted molar refractivity (Wildman–Crippen MR) is 81.5 cm³/mol. The van der Waals surface area contributed by atoms with Crippen LogP contribution in [-0.2, 0) is 0 Å². The number of nitrogens with zero attached hydrogens (tertiary/aromatic N) is 2. The Morgan fingerprint density at radius 3 is 2.65 bits per heavy atom. The van der Waals surface area contributed by atoms with Gasteiger partial charge in [-0.2, -0.15) is 5.10 Å². The maximum absolute atomic E-state index is 4.43. The van der Waals surface area contributed by atoms with Crippen LogP contribution in [0.1, 0.15) is 32.5 Å². The van der Waals surface area contributed by atoms with Gasteiger partial charge < -0.3 is 5.32 Å². The number of nitrogens with one attached hydrogen (secondary N) is 2. The lowest BCUT2D eigenvalue weighted by Gasteiger charge is -2.39. The minimum atomic E-state index is 0.587. The summed E-state index contributed by atoms with van der Waals surface area (Å²) in [7, 11) is 0. The summed E-state index contributed by atoms with van der Waals surface area (Å²) in [6.45, 7) is 6.54. The molecule has 0 spiro atoms. The Kier molecular flexibility index (Phi) is 3.47. The number of rotatable bonds is 4. The Labute approximate surface area is 120 Å². The van der Waals surface area contributed by atoms with Crippen LogP contribution in [0.5, 0.6) is 0 Å². The molecular weight excluding hydrogens is 248 g/mol. The molecule has 1 aromatic carbocycles. The normalized spacial score (nSPS) is 21.8. The van der Waals surface area contributed by atoms with Crippen molar-refractivity contribution in [2.24, 2.45) is 11.8 Å². The molecular formula is C16H22N4. The number of hydrogen-bond acceptors (Lipinski definition) is 3. The topological polar surface area (TPSA) is 53.6 Å². The van der Waals surface area contributed by atoms with Gasteiger partial charge in [0.1, 0.15) is 5.82 Å². The molecule has 0 atom stereocenters. The lowest BCUT2D eigenvalue weighted by Crippen LogP contribution is -2.38. The van der Waals surface area contributed by atoms with Crippen molar-refractivity contribution in [3.8, 4) is 11.4 Å². The second kappa shape index (κ2) is 5.27. The molecule has 2 aromatic rings. The molecule has 1 aliphatic carbocycles. The summed E-state index contributed by atoms with van der Waals surface area (Å²) in [5, 5.41) is 10.8. The first-order valence-electron chi connectivity index (χ1n) is 7.38. The molecule has 20 heavy (non-hydrogen) atoms. The third-order valence-corrected chi connectivity index (χ3v) is 4.24. The Hall–Kier alpha value is -1.84. The molecule has 106 valence electrons. The monoisotopic (exact) mass is 270 g/mol. The zero-order valence-corrected chi connectivity index (χ0v) is 12.4. The molecule has 0 radical (unpaired) electrons. The van der Waals surface area contributed by atoms with Crippen LogP contribution in [0.4, 0.5) is 5.69 Å². The first-order chi connectivity index (χ1) is 9.63. The number of aromatic nitrogens is 3. The molecule has 0 unspecified atom stereocenters. The van der Waals surface area contributed by atoms with E-state index in [0.29, 0.717) is 6.04 Å². The van der Waals surface area contributed by atoms with Crippen molar-refractivity contribution in [2.75, 3.05) is 5.32 Å². The van der Waals surface area contributed by atoms with E-state index in [2.05, 4.69) is 52.5 Å². The average Bonchev–Trinajstić information content (AvgIpc) is 2.80. The van der Waals surface area contributed by atoms with Crippen molar-refractivity contribution >= 4 is 5.69 Å². The zero-order chi connectivity index (χ0) is 14.1. The van der Waals surface area contributed by atoms with E-state index in [-0.39, 0.29) is 0 Å². The highest BCUT2D eigenvalue weighted by Gasteiger charge is 2.31. The van der Waals surface area contributed by atoms with Gasteiger partial charge in [0, 0.05) is 17.3 Å². The van der Waals surface area contributed by atoms with Crippen LogP contribution in [0.3, 0.4) is 0 Å². The second-order valence-electron chi connectivity index (χ2n) is 6.11. The Balaban J connectivity index is 1.74. The van der Waals surface area contributed by atoms with Crippen molar-refractivity contribution in [3.63, 3.8) is 0 Å². The van der Waals surface area contributed by atoms with Gasteiger partial charge in [0.05, 0.1) is 0 Å². The van der Waals surface area contributed by atoms with Gasteiger partial charge in [-0.05, 0) is 43.7 Å². The first kappa shape index (κ1) is 13.2. The highest BCUT2D eigenvalue weighted by atomic mass is 15.2. The molecule has 0 amide bonds. The van der Waals surface area contributed by atoms with Crippen LogP contribution in [-0.4, -0.2) is 21.2 Å². The van der Waals surface area contributed by atoms with Crippen molar-refractivity contribution in [1.29, 1.82) is 0 Å². The van der Waals surface area contributed by atoms with E-state index in [9.17, 15) is 0 Å². The van der Waals surface area contributed by atoms with Gasteiger partial charge in [-0.3, -0.25) is 5.10 Å². The van der Waals surface area contributed by atoms with E-state index in [4.69, 9.17) is 0 Å². The number of anilines is 1. The minimum absolute atomic E-state index is 0.587. The summed E-state index contributed by atoms with van der Waals surface area (Å²) < 4.78 is 0. The zero-order valence-electron chi connectivity index (χ0n) is 12.4. The maximum Gasteiger partial charge on any atom is 0.183 e. The molecule has 0 aliphatic heterocycles. The lowest BCUT2D eigenvalue weighted by atomic mass is 9.73. The highest BCUT2D eigenvalue weighted by molar-refractivity contribution is 5.73. The summed E-state index contributed by atoms with van der Waals surface area (Å²) in [6.07, 6.45) is 2.53. The van der Waals surface area contributed by atoms with Gasteiger partial charge in [-0.1, -0.05) is 26.0 Å². The highest BCUT2D eigenvalue weighted by Crippen LogP contribution is 2.37. The second-order valence-corrected chi connectivity index (χ2v) is 6.11. The van der Waals surface area contributed by atoms with Gasteiger partial charge in [-0.15, -0.1) is 0 Å². The Morgan fingerprint density at radius 2 is 2.00 bits per heavy atom. The van der Waals surface area contributed by atoms with E-state index in [1.165, 1.54) is 12.8 Å². The summed E-state index contributed by atoms with van der Waals surface area (Å²) in [5.74, 6) is 3.27. The van der Waals surface area contributed by atoms with Crippen molar-refractivity contribution in [3.05, 3.63) is 30.1 Å². The Bertz CT molecular complexity index is 582. The standard InChI is InChI=1S/C16H22N4/c1-10(2)12-8-13(9-12)18-15-7-5-4-6-14(15)16-17-11(3)19-20-16/h4-7,10,12-13,18H,8-9H2,1-3H3,(H,17,19,20). The molecule has 1 saturated carbocycles. The van der Waals surface area contributed by atoms with Gasteiger partial charge in [0.25, 0.3) is 0 Å². The van der Waals surface area contributed by atoms with Crippen LogP contribution in [0.2, 0.25) is 0 Å². The summed E-state index contributed by atoms with van der Waals surface area (Å²) >= 11 is 0. The molecule has 0 bridgehead atoms. The van der Waals surface area contributed by atoms with Gasteiger partial charge in [-0.25, -0.2) is 4.98 Å². The van der Waals surface area contributed by atoms with Crippen LogP contribution < -0.4 is 5.32 Å². The molecule has 4 nitrogen and oxygen atoms in total. The van der Waals surface area contributed by atoms with E-state index in [1.54, 1.807) is 0 Å². The number of benzene rings is 1. The average molecular weight is 270 g/mol. The third kappa shape index (κ3) is 2.55. The third-order valence-electron chi connectivity index (χ3n) is 4.24. The molecule has 1 aromatic heterocycles. The number of aromatic amines is 1. The molecule has 1 aliphatic rings. The summed E-state index contributed by atoms with van der Waals surface area (Å²) in [5.41, 5.74) is 2.21. The van der Waals surface area contributed by atoms with Crippen molar-refractivity contribution < 1.29 is 0 Å². The van der Waals surface area contributed by atoms with Crippen LogP contribution in [0, 0.1) is 18.8 Å². The SMILES string of the molecule is Cc1nc(-c2ccccc2NC2CC(C(C)C)C2)n[nH]1. The summed E-state index contributed by atoms with van der Waals surface area (Å²) in [4.78, 5) is 4.43. The molecule has 3 rings (SSSR count). The lowest BCUT2D eigenvalue weighted by molar-refractivity contribution is 0.212. The van der Waals surface area contributed by atoms with Crippen LogP contribution in [0.25, 0.3) is 11.4 Å². The molecule has 0 saturated heterocycles. The van der Waals surface area contributed by atoms with E-state index in [0.717, 1.165) is 34.7 Å². The fourth-order valence-corrected chi connectivity index (χ4v) is 2.81. The number of aryl methyl sites for hydroxylation is 1.